The largest absolute Gasteiger partial charge is 0.486 e. The summed E-state index contributed by atoms with van der Waals surface area (Å²) in [6.45, 7) is 5.29. The van der Waals surface area contributed by atoms with Gasteiger partial charge in [-0.15, -0.1) is 0 Å². The lowest BCUT2D eigenvalue weighted by molar-refractivity contribution is -0.129. The minimum atomic E-state index is -0.534. The number of hydrogen-bond acceptors (Lipinski definition) is 5. The summed E-state index contributed by atoms with van der Waals surface area (Å²) in [5.41, 5.74) is 3.58. The van der Waals surface area contributed by atoms with Crippen molar-refractivity contribution in [3.8, 4) is 5.75 Å². The van der Waals surface area contributed by atoms with Gasteiger partial charge in [-0.05, 0) is 61.8 Å². The average Bonchev–Trinajstić information content (AvgIpc) is 3.13. The van der Waals surface area contributed by atoms with Gasteiger partial charge in [-0.2, -0.15) is 0 Å². The third kappa shape index (κ3) is 4.50. The Hall–Kier alpha value is -2.44. The van der Waals surface area contributed by atoms with Crippen LogP contribution in [0, 0.1) is 25.7 Å². The Kier molecular flexibility index (Phi) is 6.06. The normalized spacial score (nSPS) is 25.8. The number of nitrogens with zero attached hydrogens (tertiary/aromatic N) is 2. The Morgan fingerprint density at radius 3 is 2.40 bits per heavy atom. The lowest BCUT2D eigenvalue weighted by Crippen LogP contribution is -2.42. The van der Waals surface area contributed by atoms with Crippen molar-refractivity contribution in [1.82, 2.24) is 9.88 Å². The highest BCUT2D eigenvalue weighted by Gasteiger charge is 2.43. The maximum Gasteiger partial charge on any atom is 0.227 e. The second-order valence-electron chi connectivity index (χ2n) is 8.70. The molecule has 2 heterocycles. The average molecular weight is 411 g/mol. The van der Waals surface area contributed by atoms with E-state index in [1.54, 1.807) is 0 Å². The van der Waals surface area contributed by atoms with Crippen molar-refractivity contribution in [1.29, 1.82) is 0 Å². The Morgan fingerprint density at radius 1 is 1.07 bits per heavy atom. The first-order valence-electron chi connectivity index (χ1n) is 10.7. The molecule has 2 aliphatic rings. The van der Waals surface area contributed by atoms with Crippen LogP contribution in [0.1, 0.15) is 35.4 Å². The lowest BCUT2D eigenvalue weighted by atomic mass is 9.78. The van der Waals surface area contributed by atoms with Crippen molar-refractivity contribution >= 4 is 5.91 Å². The molecule has 0 spiro atoms. The molecule has 0 bridgehead atoms. The number of pyridine rings is 1. The van der Waals surface area contributed by atoms with Crippen LogP contribution in [-0.4, -0.2) is 51.3 Å². The molecular weight excluding hydrogens is 380 g/mol. The van der Waals surface area contributed by atoms with Crippen LogP contribution in [0.2, 0.25) is 0 Å². The first kappa shape index (κ1) is 20.8. The van der Waals surface area contributed by atoms with Crippen molar-refractivity contribution < 1.29 is 19.7 Å². The van der Waals surface area contributed by atoms with Crippen molar-refractivity contribution in [2.75, 3.05) is 13.1 Å². The van der Waals surface area contributed by atoms with E-state index >= 15 is 0 Å². The highest BCUT2D eigenvalue weighted by molar-refractivity contribution is 5.79. The molecule has 0 unspecified atom stereocenters. The highest BCUT2D eigenvalue weighted by Crippen LogP contribution is 2.38. The standard InChI is InChI=1S/C24H30N2O4/c1-15-3-8-22(16(2)25-15)30-23-11-20-13-26(12-19(20)10-21(23)28)24(29)9-17-4-6-18(14-27)7-5-17/h3-8,19-21,23,27-28H,9-14H2,1-2H3/t19-,20+,21+,23+/m0/s1. The SMILES string of the molecule is Cc1ccc(O[C@@H]2C[C@@H]3CN(C(=O)Cc4ccc(CO)cc4)C[C@@H]3C[C@H]2O)c(C)n1. The molecule has 2 N–H and O–H groups in total. The van der Waals surface area contributed by atoms with Gasteiger partial charge in [-0.25, -0.2) is 0 Å². The molecule has 30 heavy (non-hydrogen) atoms. The number of rotatable bonds is 5. The summed E-state index contributed by atoms with van der Waals surface area (Å²) in [7, 11) is 0. The van der Waals surface area contributed by atoms with Gasteiger partial charge >= 0.3 is 0 Å². The van der Waals surface area contributed by atoms with E-state index in [9.17, 15) is 9.90 Å². The second kappa shape index (κ2) is 8.74. The van der Waals surface area contributed by atoms with Crippen LogP contribution in [0.5, 0.6) is 5.75 Å². The number of fused-ring (bicyclic) bond motifs is 1. The number of benzene rings is 1. The number of aliphatic hydroxyl groups excluding tert-OH is 2. The van der Waals surface area contributed by atoms with Crippen LogP contribution >= 0.6 is 0 Å². The topological polar surface area (TPSA) is 82.9 Å². The Morgan fingerprint density at radius 2 is 1.73 bits per heavy atom. The van der Waals surface area contributed by atoms with E-state index in [0.717, 1.165) is 41.2 Å². The summed E-state index contributed by atoms with van der Waals surface area (Å²) in [6, 6.07) is 11.3. The molecule has 4 rings (SSSR count). The maximum atomic E-state index is 12.8. The third-order valence-corrected chi connectivity index (χ3v) is 6.45. The van der Waals surface area contributed by atoms with Gasteiger partial charge in [0.1, 0.15) is 11.9 Å². The van der Waals surface area contributed by atoms with Gasteiger partial charge in [0, 0.05) is 18.8 Å². The number of hydrogen-bond donors (Lipinski definition) is 2. The number of carbonyl (C=O) groups is 1. The van der Waals surface area contributed by atoms with E-state index in [-0.39, 0.29) is 18.6 Å². The van der Waals surface area contributed by atoms with Gasteiger partial charge < -0.3 is 19.8 Å². The van der Waals surface area contributed by atoms with Crippen molar-refractivity contribution in [3.05, 3.63) is 58.9 Å². The molecule has 6 nitrogen and oxygen atoms in total. The predicted octanol–water partition coefficient (Wildman–Crippen LogP) is 2.41. The molecule has 1 aliphatic heterocycles. The smallest absolute Gasteiger partial charge is 0.227 e. The van der Waals surface area contributed by atoms with Gasteiger partial charge in [0.25, 0.3) is 0 Å². The van der Waals surface area contributed by atoms with Crippen molar-refractivity contribution in [3.63, 3.8) is 0 Å². The molecule has 1 saturated heterocycles. The summed E-state index contributed by atoms with van der Waals surface area (Å²) in [6.07, 6.45) is 0.960. The number of aliphatic hydroxyl groups is 2. The van der Waals surface area contributed by atoms with Crippen LogP contribution < -0.4 is 4.74 Å². The van der Waals surface area contributed by atoms with Crippen molar-refractivity contribution in [2.24, 2.45) is 11.8 Å². The van der Waals surface area contributed by atoms with Crippen LogP contribution in [0.3, 0.4) is 0 Å². The summed E-state index contributed by atoms with van der Waals surface area (Å²) >= 11 is 0. The molecule has 1 saturated carbocycles. The van der Waals surface area contributed by atoms with E-state index < -0.39 is 6.10 Å². The Bertz CT molecular complexity index is 899. The highest BCUT2D eigenvalue weighted by atomic mass is 16.5. The van der Waals surface area contributed by atoms with Gasteiger partial charge in [0.2, 0.25) is 5.91 Å². The third-order valence-electron chi connectivity index (χ3n) is 6.45. The monoisotopic (exact) mass is 410 g/mol. The van der Waals surface area contributed by atoms with E-state index in [1.165, 1.54) is 0 Å². The predicted molar refractivity (Wildman–Crippen MR) is 113 cm³/mol. The van der Waals surface area contributed by atoms with Gasteiger partial charge in [-0.3, -0.25) is 9.78 Å². The van der Waals surface area contributed by atoms with Crippen LogP contribution in [0.4, 0.5) is 0 Å². The Balaban J connectivity index is 1.36. The number of amides is 1. The molecule has 1 aromatic heterocycles. The zero-order valence-corrected chi connectivity index (χ0v) is 17.6. The molecule has 0 radical (unpaired) electrons. The number of aromatic nitrogens is 1. The van der Waals surface area contributed by atoms with E-state index in [1.807, 2.05) is 55.1 Å². The quantitative estimate of drug-likeness (QED) is 0.791. The summed E-state index contributed by atoms with van der Waals surface area (Å²) in [5, 5.41) is 19.8. The molecular formula is C24H30N2O4. The molecule has 4 atom stereocenters. The zero-order valence-electron chi connectivity index (χ0n) is 17.6. The first-order chi connectivity index (χ1) is 14.4. The Labute approximate surface area is 177 Å². The van der Waals surface area contributed by atoms with Crippen LogP contribution in [-0.2, 0) is 17.8 Å². The molecule has 6 heteroatoms. The number of aryl methyl sites for hydroxylation is 2. The fourth-order valence-electron chi connectivity index (χ4n) is 4.73. The van der Waals surface area contributed by atoms with Gasteiger partial charge in [-0.1, -0.05) is 24.3 Å². The zero-order chi connectivity index (χ0) is 21.3. The molecule has 1 aromatic carbocycles. The number of carbonyl (C=O) groups excluding carboxylic acids is 1. The summed E-state index contributed by atoms with van der Waals surface area (Å²) < 4.78 is 6.14. The van der Waals surface area contributed by atoms with Crippen molar-refractivity contribution in [2.45, 2.75) is 51.9 Å². The fraction of sp³-hybridized carbons (Fsp3) is 0.500. The molecule has 1 amide bonds. The lowest BCUT2D eigenvalue weighted by Gasteiger charge is -2.35. The summed E-state index contributed by atoms with van der Waals surface area (Å²) in [4.78, 5) is 19.2. The maximum absolute atomic E-state index is 12.8. The molecule has 1 aliphatic carbocycles. The van der Waals surface area contributed by atoms with Gasteiger partial charge in [0.15, 0.2) is 0 Å². The minimum absolute atomic E-state index is 0.00739. The van der Waals surface area contributed by atoms with Gasteiger partial charge in [0.05, 0.1) is 24.8 Å². The van der Waals surface area contributed by atoms with E-state index in [0.29, 0.717) is 31.2 Å². The minimum Gasteiger partial charge on any atom is -0.486 e. The molecule has 2 aromatic rings. The molecule has 2 fully saturated rings. The second-order valence-corrected chi connectivity index (χ2v) is 8.70. The first-order valence-corrected chi connectivity index (χ1v) is 10.7. The number of likely N-dealkylation sites (tertiary alicyclic amines) is 1. The number of ether oxygens (including phenoxy) is 1. The fourth-order valence-corrected chi connectivity index (χ4v) is 4.73. The van der Waals surface area contributed by atoms with E-state index in [4.69, 9.17) is 9.84 Å². The van der Waals surface area contributed by atoms with Crippen LogP contribution in [0.25, 0.3) is 0 Å². The van der Waals surface area contributed by atoms with E-state index in [2.05, 4.69) is 4.98 Å². The van der Waals surface area contributed by atoms with Crippen LogP contribution in [0.15, 0.2) is 36.4 Å². The molecule has 160 valence electrons. The summed E-state index contributed by atoms with van der Waals surface area (Å²) in [5.74, 6) is 1.50.